The lowest BCUT2D eigenvalue weighted by atomic mass is 10.2. The van der Waals surface area contributed by atoms with Gasteiger partial charge in [0.05, 0.1) is 19.2 Å². The number of nitrogens with zero attached hydrogens (tertiary/aromatic N) is 2. The third-order valence-corrected chi connectivity index (χ3v) is 2.02. The van der Waals surface area contributed by atoms with Gasteiger partial charge in [-0.2, -0.15) is 0 Å². The van der Waals surface area contributed by atoms with E-state index < -0.39 is 0 Å². The second-order valence-corrected chi connectivity index (χ2v) is 2.92. The molecule has 0 fully saturated rings. The Morgan fingerprint density at radius 1 is 1.43 bits per heavy atom. The van der Waals surface area contributed by atoms with E-state index in [0.717, 1.165) is 16.7 Å². The van der Waals surface area contributed by atoms with Crippen LogP contribution in [0.1, 0.15) is 5.82 Å². The summed E-state index contributed by atoms with van der Waals surface area (Å²) in [5, 5.41) is 0.960. The first-order chi connectivity index (χ1) is 6.83. The Morgan fingerprint density at radius 3 is 3.00 bits per heavy atom. The molecule has 0 aliphatic carbocycles. The highest BCUT2D eigenvalue weighted by molar-refractivity contribution is 5.79. The normalized spacial score (nSPS) is 10.4. The molecular weight excluding hydrogens is 178 g/mol. The SMILES string of the molecule is COc1ccc2nc(CN)ncc2c1. The second kappa shape index (κ2) is 3.59. The van der Waals surface area contributed by atoms with Gasteiger partial charge in [0.2, 0.25) is 0 Å². The predicted octanol–water partition coefficient (Wildman–Crippen LogP) is 1.10. The molecular formula is C10H11N3O. The number of rotatable bonds is 2. The molecule has 0 unspecified atom stereocenters. The van der Waals surface area contributed by atoms with Crippen LogP contribution in [0.15, 0.2) is 24.4 Å². The summed E-state index contributed by atoms with van der Waals surface area (Å²) in [5.74, 6) is 1.46. The van der Waals surface area contributed by atoms with Crippen LogP contribution in [-0.4, -0.2) is 17.1 Å². The first kappa shape index (κ1) is 8.90. The summed E-state index contributed by atoms with van der Waals surface area (Å²) in [6.45, 7) is 0.363. The Bertz CT molecular complexity index is 413. The Labute approximate surface area is 81.7 Å². The monoisotopic (exact) mass is 189 g/mol. The average Bonchev–Trinajstić information content (AvgIpc) is 2.27. The number of methoxy groups -OCH3 is 1. The lowest BCUT2D eigenvalue weighted by molar-refractivity contribution is 0.415. The second-order valence-electron chi connectivity index (χ2n) is 2.92. The van der Waals surface area contributed by atoms with Gasteiger partial charge in [0.1, 0.15) is 11.6 Å². The van der Waals surface area contributed by atoms with Gasteiger partial charge in [0, 0.05) is 11.6 Å². The van der Waals surface area contributed by atoms with Crippen molar-refractivity contribution in [3.05, 3.63) is 30.2 Å². The van der Waals surface area contributed by atoms with Crippen molar-refractivity contribution in [1.29, 1.82) is 0 Å². The molecule has 1 aromatic heterocycles. The maximum atomic E-state index is 5.45. The lowest BCUT2D eigenvalue weighted by Crippen LogP contribution is -2.02. The highest BCUT2D eigenvalue weighted by Crippen LogP contribution is 2.18. The molecule has 0 spiro atoms. The van der Waals surface area contributed by atoms with E-state index in [9.17, 15) is 0 Å². The van der Waals surface area contributed by atoms with Gasteiger partial charge in [-0.15, -0.1) is 0 Å². The van der Waals surface area contributed by atoms with E-state index in [2.05, 4.69) is 9.97 Å². The van der Waals surface area contributed by atoms with Gasteiger partial charge >= 0.3 is 0 Å². The quantitative estimate of drug-likeness (QED) is 0.768. The zero-order chi connectivity index (χ0) is 9.97. The van der Waals surface area contributed by atoms with E-state index >= 15 is 0 Å². The Balaban J connectivity index is 2.57. The summed E-state index contributed by atoms with van der Waals surface area (Å²) in [5.41, 5.74) is 6.34. The number of hydrogen-bond acceptors (Lipinski definition) is 4. The molecule has 0 amide bonds. The van der Waals surface area contributed by atoms with Crippen LogP contribution in [0, 0.1) is 0 Å². The number of ether oxygens (including phenoxy) is 1. The summed E-state index contributed by atoms with van der Waals surface area (Å²) >= 11 is 0. The molecule has 0 atom stereocenters. The molecule has 4 nitrogen and oxygen atoms in total. The summed E-state index contributed by atoms with van der Waals surface area (Å²) in [6, 6.07) is 5.67. The average molecular weight is 189 g/mol. The number of hydrogen-bond donors (Lipinski definition) is 1. The number of benzene rings is 1. The minimum Gasteiger partial charge on any atom is -0.497 e. The van der Waals surface area contributed by atoms with Crippen molar-refractivity contribution >= 4 is 10.9 Å². The van der Waals surface area contributed by atoms with E-state index in [4.69, 9.17) is 10.5 Å². The van der Waals surface area contributed by atoms with Gasteiger partial charge in [-0.05, 0) is 18.2 Å². The van der Waals surface area contributed by atoms with Gasteiger partial charge in [0.15, 0.2) is 0 Å². The van der Waals surface area contributed by atoms with Crippen LogP contribution in [0.4, 0.5) is 0 Å². The predicted molar refractivity (Wildman–Crippen MR) is 54.0 cm³/mol. The van der Waals surface area contributed by atoms with E-state index in [1.807, 2.05) is 18.2 Å². The van der Waals surface area contributed by atoms with Crippen LogP contribution in [0.2, 0.25) is 0 Å². The molecule has 14 heavy (non-hydrogen) atoms. The zero-order valence-electron chi connectivity index (χ0n) is 7.90. The van der Waals surface area contributed by atoms with Crippen molar-refractivity contribution in [3.63, 3.8) is 0 Å². The Morgan fingerprint density at radius 2 is 2.29 bits per heavy atom. The van der Waals surface area contributed by atoms with Crippen LogP contribution in [0.3, 0.4) is 0 Å². The molecule has 2 rings (SSSR count). The van der Waals surface area contributed by atoms with Gasteiger partial charge in [-0.25, -0.2) is 9.97 Å². The summed E-state index contributed by atoms with van der Waals surface area (Å²) < 4.78 is 5.10. The Kier molecular flexibility index (Phi) is 2.28. The Hall–Kier alpha value is -1.68. The van der Waals surface area contributed by atoms with Gasteiger partial charge in [-0.1, -0.05) is 0 Å². The third kappa shape index (κ3) is 1.52. The van der Waals surface area contributed by atoms with E-state index in [-0.39, 0.29) is 0 Å². The van der Waals surface area contributed by atoms with Gasteiger partial charge in [0.25, 0.3) is 0 Å². The minimum absolute atomic E-state index is 0.363. The first-order valence-electron chi connectivity index (χ1n) is 4.33. The topological polar surface area (TPSA) is 61.0 Å². The maximum absolute atomic E-state index is 5.45. The molecule has 1 aromatic carbocycles. The number of aromatic nitrogens is 2. The maximum Gasteiger partial charge on any atom is 0.142 e. The van der Waals surface area contributed by atoms with Crippen LogP contribution in [0.25, 0.3) is 10.9 Å². The smallest absolute Gasteiger partial charge is 0.142 e. The largest absolute Gasteiger partial charge is 0.497 e. The molecule has 0 bridgehead atoms. The van der Waals surface area contributed by atoms with Crippen molar-refractivity contribution < 1.29 is 4.74 Å². The van der Waals surface area contributed by atoms with Gasteiger partial charge < -0.3 is 10.5 Å². The molecule has 0 aliphatic heterocycles. The van der Waals surface area contributed by atoms with Crippen LogP contribution in [0.5, 0.6) is 5.75 Å². The molecule has 0 saturated heterocycles. The number of fused-ring (bicyclic) bond motifs is 1. The van der Waals surface area contributed by atoms with E-state index in [1.54, 1.807) is 13.3 Å². The molecule has 0 radical (unpaired) electrons. The van der Waals surface area contributed by atoms with E-state index in [1.165, 1.54) is 0 Å². The minimum atomic E-state index is 0.363. The fourth-order valence-electron chi connectivity index (χ4n) is 1.28. The van der Waals surface area contributed by atoms with Crippen molar-refractivity contribution in [2.45, 2.75) is 6.54 Å². The summed E-state index contributed by atoms with van der Waals surface area (Å²) in [4.78, 5) is 8.39. The summed E-state index contributed by atoms with van der Waals surface area (Å²) in [6.07, 6.45) is 1.76. The molecule has 2 N–H and O–H groups in total. The molecule has 0 aliphatic rings. The fourth-order valence-corrected chi connectivity index (χ4v) is 1.28. The highest BCUT2D eigenvalue weighted by Gasteiger charge is 1.99. The highest BCUT2D eigenvalue weighted by atomic mass is 16.5. The molecule has 4 heteroatoms. The fraction of sp³-hybridized carbons (Fsp3) is 0.200. The first-order valence-corrected chi connectivity index (χ1v) is 4.33. The van der Waals surface area contributed by atoms with Crippen LogP contribution >= 0.6 is 0 Å². The zero-order valence-corrected chi connectivity index (χ0v) is 7.90. The van der Waals surface area contributed by atoms with Gasteiger partial charge in [-0.3, -0.25) is 0 Å². The summed E-state index contributed by atoms with van der Waals surface area (Å²) in [7, 11) is 1.64. The van der Waals surface area contributed by atoms with Crippen LogP contribution in [-0.2, 0) is 6.54 Å². The van der Waals surface area contributed by atoms with E-state index in [0.29, 0.717) is 12.4 Å². The molecule has 1 heterocycles. The molecule has 72 valence electrons. The van der Waals surface area contributed by atoms with Crippen molar-refractivity contribution in [2.24, 2.45) is 5.73 Å². The lowest BCUT2D eigenvalue weighted by Gasteiger charge is -2.02. The molecule has 0 saturated carbocycles. The standard InChI is InChI=1S/C10H11N3O/c1-14-8-2-3-9-7(4-8)6-12-10(5-11)13-9/h2-4,6H,5,11H2,1H3. The van der Waals surface area contributed by atoms with Crippen molar-refractivity contribution in [2.75, 3.05) is 7.11 Å². The van der Waals surface area contributed by atoms with Crippen molar-refractivity contribution in [1.82, 2.24) is 9.97 Å². The van der Waals surface area contributed by atoms with Crippen LogP contribution < -0.4 is 10.5 Å². The third-order valence-electron chi connectivity index (χ3n) is 2.02. The van der Waals surface area contributed by atoms with Crippen molar-refractivity contribution in [3.8, 4) is 5.75 Å². The number of nitrogens with two attached hydrogens (primary N) is 1. The molecule has 2 aromatic rings.